The van der Waals surface area contributed by atoms with Gasteiger partial charge < -0.3 is 0 Å². The van der Waals surface area contributed by atoms with Gasteiger partial charge in [-0.2, -0.15) is 0 Å². The molecule has 0 saturated heterocycles. The quantitative estimate of drug-likeness (QED) is 0.603. The zero-order valence-corrected chi connectivity index (χ0v) is 10.9. The van der Waals surface area contributed by atoms with E-state index in [9.17, 15) is 4.79 Å². The maximum absolute atomic E-state index is 11.2. The molecule has 1 unspecified atom stereocenters. The topological polar surface area (TPSA) is 17.1 Å². The highest BCUT2D eigenvalue weighted by molar-refractivity contribution is 7.98. The Balaban J connectivity index is 3.12. The van der Waals surface area contributed by atoms with Crippen LogP contribution in [-0.2, 0) is 10.7 Å². The molecule has 0 radical (unpaired) electrons. The van der Waals surface area contributed by atoms with Gasteiger partial charge in [-0.05, 0) is 30.4 Å². The molecule has 0 N–H and O–H groups in total. The average Bonchev–Trinajstić information content (AvgIpc) is 2.27. The highest BCUT2D eigenvalue weighted by Crippen LogP contribution is 2.31. The van der Waals surface area contributed by atoms with Gasteiger partial charge in [-0.3, -0.25) is 4.79 Å². The van der Waals surface area contributed by atoms with E-state index in [0.29, 0.717) is 5.88 Å². The van der Waals surface area contributed by atoms with Gasteiger partial charge in [0.05, 0.1) is 0 Å². The number of carbonyl (C=O) groups excluding carboxylic acids is 1. The Morgan fingerprint density at radius 3 is 2.67 bits per heavy atom. The predicted octanol–water partition coefficient (Wildman–Crippen LogP) is 4.02. The van der Waals surface area contributed by atoms with E-state index in [0.717, 1.165) is 16.0 Å². The first-order valence-corrected chi connectivity index (χ1v) is 6.67. The molecule has 0 spiro atoms. The van der Waals surface area contributed by atoms with Crippen LogP contribution in [0.25, 0.3) is 0 Å². The minimum atomic E-state index is -0.558. The second-order valence-electron chi connectivity index (χ2n) is 3.18. The van der Waals surface area contributed by atoms with Gasteiger partial charge in [-0.25, -0.2) is 0 Å². The van der Waals surface area contributed by atoms with Gasteiger partial charge in [0.2, 0.25) is 0 Å². The molecule has 1 atom stereocenters. The van der Waals surface area contributed by atoms with E-state index in [1.54, 1.807) is 11.8 Å². The van der Waals surface area contributed by atoms with Crippen molar-refractivity contribution in [2.75, 3.05) is 6.26 Å². The summed E-state index contributed by atoms with van der Waals surface area (Å²) in [7, 11) is 0. The van der Waals surface area contributed by atoms with Crippen LogP contribution in [0.4, 0.5) is 0 Å². The summed E-state index contributed by atoms with van der Waals surface area (Å²) in [5.41, 5.74) is 1.91. The molecule has 1 nitrogen and oxygen atoms in total. The van der Waals surface area contributed by atoms with Crippen molar-refractivity contribution >= 4 is 40.7 Å². The van der Waals surface area contributed by atoms with Crippen molar-refractivity contribution < 1.29 is 4.79 Å². The highest BCUT2D eigenvalue weighted by Gasteiger charge is 2.16. The van der Waals surface area contributed by atoms with Crippen LogP contribution in [0.15, 0.2) is 23.1 Å². The maximum Gasteiger partial charge on any atom is 0.152 e. The predicted molar refractivity (Wildman–Crippen MR) is 67.1 cm³/mol. The third kappa shape index (κ3) is 3.13. The van der Waals surface area contributed by atoms with Crippen LogP contribution < -0.4 is 0 Å². The molecule has 4 heteroatoms. The Kier molecular flexibility index (Phi) is 4.97. The van der Waals surface area contributed by atoms with Gasteiger partial charge in [0.1, 0.15) is 5.38 Å². The first kappa shape index (κ1) is 12.9. The lowest BCUT2D eigenvalue weighted by molar-refractivity contribution is -0.116. The number of Topliss-reactive ketones (excluding diaryl/α,β-unsaturated/α-hetero) is 1. The summed E-state index contributed by atoms with van der Waals surface area (Å²) in [5, 5.41) is -0.558. The molecule has 0 fully saturated rings. The third-order valence-electron chi connectivity index (χ3n) is 2.08. The van der Waals surface area contributed by atoms with Crippen LogP contribution in [0, 0.1) is 0 Å². The van der Waals surface area contributed by atoms with Crippen LogP contribution in [0.1, 0.15) is 23.4 Å². The monoisotopic (exact) mass is 262 g/mol. The first-order valence-electron chi connectivity index (χ1n) is 4.47. The Labute approximate surface area is 104 Å². The summed E-state index contributed by atoms with van der Waals surface area (Å²) < 4.78 is 0. The lowest BCUT2D eigenvalue weighted by Crippen LogP contribution is -2.03. The Hall–Kier alpha value is -0.180. The van der Waals surface area contributed by atoms with Gasteiger partial charge in [0.25, 0.3) is 0 Å². The van der Waals surface area contributed by atoms with Crippen LogP contribution >= 0.6 is 35.0 Å². The molecule has 0 bridgehead atoms. The number of hydrogen-bond donors (Lipinski definition) is 0. The zero-order chi connectivity index (χ0) is 11.4. The molecule has 0 aliphatic rings. The number of rotatable bonds is 4. The molecule has 1 aromatic carbocycles. The van der Waals surface area contributed by atoms with Gasteiger partial charge in [0, 0.05) is 10.8 Å². The largest absolute Gasteiger partial charge is 0.298 e. The number of thioether (sulfide) groups is 1. The number of halogens is 2. The molecule has 15 heavy (non-hydrogen) atoms. The molecule has 0 aromatic heterocycles. The molecular formula is C11H12Cl2OS. The van der Waals surface area contributed by atoms with Crippen LogP contribution in [0.5, 0.6) is 0 Å². The number of alkyl halides is 2. The number of ketones is 1. The molecule has 0 aliphatic heterocycles. The zero-order valence-electron chi connectivity index (χ0n) is 8.59. The van der Waals surface area contributed by atoms with E-state index in [2.05, 4.69) is 0 Å². The summed E-state index contributed by atoms with van der Waals surface area (Å²) in [4.78, 5) is 12.2. The molecule has 0 aliphatic carbocycles. The molecule has 1 rings (SSSR count). The van der Waals surface area contributed by atoms with Crippen molar-refractivity contribution in [1.29, 1.82) is 0 Å². The van der Waals surface area contributed by atoms with Crippen LogP contribution in [0.2, 0.25) is 0 Å². The lowest BCUT2D eigenvalue weighted by atomic mass is 10.1. The fourth-order valence-corrected chi connectivity index (χ4v) is 2.38. The van der Waals surface area contributed by atoms with Crippen molar-refractivity contribution in [3.63, 3.8) is 0 Å². The number of hydrogen-bond acceptors (Lipinski definition) is 2. The summed E-state index contributed by atoms with van der Waals surface area (Å²) in [5.74, 6) is 0.437. The summed E-state index contributed by atoms with van der Waals surface area (Å²) in [6.45, 7) is 1.50. The van der Waals surface area contributed by atoms with Gasteiger partial charge in [-0.1, -0.05) is 12.1 Å². The van der Waals surface area contributed by atoms with E-state index in [1.807, 2.05) is 24.5 Å². The van der Waals surface area contributed by atoms with Gasteiger partial charge in [-0.15, -0.1) is 35.0 Å². The smallest absolute Gasteiger partial charge is 0.152 e. The minimum Gasteiger partial charge on any atom is -0.298 e. The van der Waals surface area contributed by atoms with Gasteiger partial charge in [0.15, 0.2) is 5.78 Å². The fraction of sp³-hybridized carbons (Fsp3) is 0.364. The van der Waals surface area contributed by atoms with Crippen molar-refractivity contribution in [3.05, 3.63) is 29.3 Å². The van der Waals surface area contributed by atoms with Crippen molar-refractivity contribution in [2.45, 2.75) is 23.1 Å². The molecule has 0 heterocycles. The Morgan fingerprint density at radius 1 is 1.53 bits per heavy atom. The van der Waals surface area contributed by atoms with Crippen LogP contribution in [0.3, 0.4) is 0 Å². The second kappa shape index (κ2) is 5.78. The van der Waals surface area contributed by atoms with Crippen molar-refractivity contribution in [1.82, 2.24) is 0 Å². The van der Waals surface area contributed by atoms with E-state index in [1.165, 1.54) is 6.92 Å². The second-order valence-corrected chi connectivity index (χ2v) is 4.73. The van der Waals surface area contributed by atoms with Gasteiger partial charge >= 0.3 is 0 Å². The van der Waals surface area contributed by atoms with E-state index in [-0.39, 0.29) is 5.78 Å². The molecule has 82 valence electrons. The number of benzene rings is 1. The van der Waals surface area contributed by atoms with Crippen LogP contribution in [-0.4, -0.2) is 12.0 Å². The summed E-state index contributed by atoms with van der Waals surface area (Å²) in [6.07, 6.45) is 1.96. The molecule has 0 amide bonds. The fourth-order valence-electron chi connectivity index (χ4n) is 1.27. The Bertz CT molecular complexity index is 366. The SMILES string of the molecule is CSc1cc(CCl)ccc1C(Cl)C(C)=O. The summed E-state index contributed by atoms with van der Waals surface area (Å²) in [6, 6.07) is 5.76. The Morgan fingerprint density at radius 2 is 2.20 bits per heavy atom. The molecule has 0 saturated carbocycles. The summed E-state index contributed by atoms with van der Waals surface area (Å²) >= 11 is 13.3. The van der Waals surface area contributed by atoms with Crippen molar-refractivity contribution in [3.8, 4) is 0 Å². The first-order chi connectivity index (χ1) is 7.10. The normalized spacial score (nSPS) is 12.5. The average molecular weight is 263 g/mol. The highest BCUT2D eigenvalue weighted by atomic mass is 35.5. The number of carbonyl (C=O) groups is 1. The maximum atomic E-state index is 11.2. The van der Waals surface area contributed by atoms with E-state index < -0.39 is 5.38 Å². The molecule has 1 aromatic rings. The lowest BCUT2D eigenvalue weighted by Gasteiger charge is -2.11. The minimum absolute atomic E-state index is 0.0365. The van der Waals surface area contributed by atoms with E-state index >= 15 is 0 Å². The molecular weight excluding hydrogens is 251 g/mol. The third-order valence-corrected chi connectivity index (χ3v) is 3.73. The van der Waals surface area contributed by atoms with E-state index in [4.69, 9.17) is 23.2 Å². The van der Waals surface area contributed by atoms with Crippen molar-refractivity contribution in [2.24, 2.45) is 0 Å². The standard InChI is InChI=1S/C11H12Cl2OS/c1-7(14)11(13)9-4-3-8(6-12)5-10(9)15-2/h3-5,11H,6H2,1-2H3.